The van der Waals surface area contributed by atoms with E-state index in [1.54, 1.807) is 23.1 Å². The van der Waals surface area contributed by atoms with Crippen molar-refractivity contribution in [2.24, 2.45) is 0 Å². The third-order valence-corrected chi connectivity index (χ3v) is 8.12. The Morgan fingerprint density at radius 3 is 2.46 bits per heavy atom. The fourth-order valence-corrected chi connectivity index (χ4v) is 5.89. The van der Waals surface area contributed by atoms with Crippen LogP contribution in [0.15, 0.2) is 79.4 Å². The van der Waals surface area contributed by atoms with Crippen molar-refractivity contribution in [1.82, 2.24) is 19.7 Å². The van der Waals surface area contributed by atoms with Crippen LogP contribution in [-0.2, 0) is 28.4 Å². The molecule has 41 heavy (non-hydrogen) atoms. The van der Waals surface area contributed by atoms with E-state index in [1.165, 1.54) is 23.1 Å². The molecule has 0 spiro atoms. The van der Waals surface area contributed by atoms with Gasteiger partial charge in [0.2, 0.25) is 5.79 Å². The molecule has 0 saturated carbocycles. The van der Waals surface area contributed by atoms with Crippen LogP contribution in [0.4, 0.5) is 5.69 Å². The topological polar surface area (TPSA) is 64.9 Å². The molecule has 0 bridgehead atoms. The number of nitrogens with zero attached hydrogens (tertiary/aromatic N) is 5. The minimum atomic E-state index is -1.13. The number of aryl methyl sites for hydroxylation is 1. The van der Waals surface area contributed by atoms with Crippen molar-refractivity contribution in [3.8, 4) is 5.75 Å². The lowest BCUT2D eigenvalue weighted by Crippen LogP contribution is -2.45. The van der Waals surface area contributed by atoms with Gasteiger partial charge < -0.3 is 19.1 Å². The van der Waals surface area contributed by atoms with E-state index in [1.807, 2.05) is 18.2 Å². The van der Waals surface area contributed by atoms with Gasteiger partial charge in [-0.05, 0) is 48.9 Å². The summed E-state index contributed by atoms with van der Waals surface area (Å²) in [6, 6.07) is 22.4. The average molecular weight is 595 g/mol. The van der Waals surface area contributed by atoms with Gasteiger partial charge in [-0.25, -0.2) is 9.67 Å². The van der Waals surface area contributed by atoms with Crippen LogP contribution in [0.25, 0.3) is 0 Å². The van der Waals surface area contributed by atoms with Gasteiger partial charge in [0.25, 0.3) is 0 Å². The van der Waals surface area contributed by atoms with E-state index >= 15 is 0 Å². The van der Waals surface area contributed by atoms with E-state index in [0.29, 0.717) is 28.8 Å². The Morgan fingerprint density at radius 2 is 1.76 bits per heavy atom. The van der Waals surface area contributed by atoms with Gasteiger partial charge in [0.05, 0.1) is 11.6 Å². The molecule has 0 radical (unpaired) electrons. The number of aromatic nitrogens is 3. The van der Waals surface area contributed by atoms with Crippen LogP contribution < -0.4 is 9.64 Å². The minimum absolute atomic E-state index is 0.290. The quantitative estimate of drug-likeness (QED) is 0.251. The second kappa shape index (κ2) is 12.4. The molecule has 2 atom stereocenters. The molecule has 2 fully saturated rings. The highest BCUT2D eigenvalue weighted by atomic mass is 35.5. The van der Waals surface area contributed by atoms with E-state index in [-0.39, 0.29) is 12.6 Å². The molecular weight excluding hydrogens is 561 g/mol. The molecule has 4 aromatic rings. The van der Waals surface area contributed by atoms with Crippen LogP contribution in [0, 0.1) is 6.92 Å². The molecule has 10 heteroatoms. The number of piperazine rings is 1. The first-order valence-electron chi connectivity index (χ1n) is 13.8. The van der Waals surface area contributed by atoms with Crippen molar-refractivity contribution in [3.63, 3.8) is 0 Å². The van der Waals surface area contributed by atoms with Gasteiger partial charge in [-0.3, -0.25) is 4.90 Å². The van der Waals surface area contributed by atoms with Gasteiger partial charge in [-0.2, -0.15) is 5.10 Å². The smallest absolute Gasteiger partial charge is 0.217 e. The Hall–Kier alpha value is -3.14. The molecule has 8 nitrogen and oxygen atoms in total. The standard InChI is InChI=1S/C31H33Cl2N5O3/c1-23-2-4-24(5-3-23)17-36-12-14-37(15-13-36)26-7-9-27(10-8-26)39-18-28-19-40-31(41-28,20-38-22-34-21-35-38)29-11-6-25(32)16-30(29)33/h2-11,16,21-22,28H,12-15,17-20H2,1H3. The Balaban J connectivity index is 1.03. The van der Waals surface area contributed by atoms with Crippen molar-refractivity contribution in [1.29, 1.82) is 0 Å². The lowest BCUT2D eigenvalue weighted by atomic mass is 10.1. The van der Waals surface area contributed by atoms with Crippen molar-refractivity contribution in [2.45, 2.75) is 31.9 Å². The molecule has 1 aromatic heterocycles. The zero-order valence-corrected chi connectivity index (χ0v) is 24.5. The van der Waals surface area contributed by atoms with Crippen molar-refractivity contribution in [3.05, 3.63) is 106 Å². The lowest BCUT2D eigenvalue weighted by molar-refractivity contribution is -0.190. The number of hydrogen-bond acceptors (Lipinski definition) is 7. The third-order valence-electron chi connectivity index (χ3n) is 7.57. The number of benzene rings is 3. The molecule has 0 amide bonds. The molecule has 3 heterocycles. The molecule has 3 aromatic carbocycles. The molecule has 214 valence electrons. The summed E-state index contributed by atoms with van der Waals surface area (Å²) < 4.78 is 20.5. The van der Waals surface area contributed by atoms with Crippen LogP contribution in [-0.4, -0.2) is 65.2 Å². The Bertz CT molecular complexity index is 1430. The van der Waals surface area contributed by atoms with E-state index in [9.17, 15) is 0 Å². The van der Waals surface area contributed by atoms with Crippen molar-refractivity contribution < 1.29 is 14.2 Å². The highest BCUT2D eigenvalue weighted by Gasteiger charge is 2.45. The molecule has 2 saturated heterocycles. The molecule has 2 aliphatic rings. The Kier molecular flexibility index (Phi) is 8.46. The van der Waals surface area contributed by atoms with E-state index in [2.05, 4.69) is 63.2 Å². The fraction of sp³-hybridized carbons (Fsp3) is 0.355. The Labute approximate surface area is 250 Å². The molecular formula is C31H33Cl2N5O3. The van der Waals surface area contributed by atoms with Gasteiger partial charge in [0.1, 0.15) is 37.7 Å². The van der Waals surface area contributed by atoms with Crippen LogP contribution in [0.5, 0.6) is 5.75 Å². The second-order valence-corrected chi connectivity index (χ2v) is 11.4. The largest absolute Gasteiger partial charge is 0.491 e. The highest BCUT2D eigenvalue weighted by molar-refractivity contribution is 6.35. The molecule has 2 aliphatic heterocycles. The summed E-state index contributed by atoms with van der Waals surface area (Å²) in [6.07, 6.45) is 2.79. The average Bonchev–Trinajstić information content (AvgIpc) is 3.64. The fourth-order valence-electron chi connectivity index (χ4n) is 5.34. The maximum atomic E-state index is 6.56. The summed E-state index contributed by atoms with van der Waals surface area (Å²) in [7, 11) is 0. The monoisotopic (exact) mass is 593 g/mol. The van der Waals surface area contributed by atoms with Crippen molar-refractivity contribution >= 4 is 28.9 Å². The van der Waals surface area contributed by atoms with Crippen molar-refractivity contribution in [2.75, 3.05) is 44.3 Å². The number of rotatable bonds is 9. The first-order valence-corrected chi connectivity index (χ1v) is 14.6. The maximum absolute atomic E-state index is 6.56. The normalized spacial score (nSPS) is 21.3. The Morgan fingerprint density at radius 1 is 0.976 bits per heavy atom. The lowest BCUT2D eigenvalue weighted by Gasteiger charge is -2.36. The number of hydrogen-bond donors (Lipinski definition) is 0. The number of ether oxygens (including phenoxy) is 3. The molecule has 2 unspecified atom stereocenters. The van der Waals surface area contributed by atoms with Crippen LogP contribution in [0.1, 0.15) is 16.7 Å². The maximum Gasteiger partial charge on any atom is 0.217 e. The predicted octanol–water partition coefficient (Wildman–Crippen LogP) is 5.56. The van der Waals surface area contributed by atoms with E-state index < -0.39 is 5.79 Å². The summed E-state index contributed by atoms with van der Waals surface area (Å²) >= 11 is 12.7. The van der Waals surface area contributed by atoms with E-state index in [4.69, 9.17) is 37.4 Å². The number of halogens is 2. The molecule has 6 rings (SSSR count). The van der Waals surface area contributed by atoms with Crippen LogP contribution in [0.2, 0.25) is 10.0 Å². The predicted molar refractivity (Wildman–Crippen MR) is 160 cm³/mol. The van der Waals surface area contributed by atoms with Crippen LogP contribution >= 0.6 is 23.2 Å². The van der Waals surface area contributed by atoms with Gasteiger partial charge in [0.15, 0.2) is 0 Å². The zero-order valence-electron chi connectivity index (χ0n) is 23.0. The molecule has 0 aliphatic carbocycles. The minimum Gasteiger partial charge on any atom is -0.491 e. The summed E-state index contributed by atoms with van der Waals surface area (Å²) in [5.74, 6) is -0.344. The van der Waals surface area contributed by atoms with Gasteiger partial charge >= 0.3 is 0 Å². The van der Waals surface area contributed by atoms with Gasteiger partial charge in [0, 0.05) is 49.0 Å². The van der Waals surface area contributed by atoms with Gasteiger partial charge in [-0.15, -0.1) is 0 Å². The highest BCUT2D eigenvalue weighted by Crippen LogP contribution is 2.40. The summed E-state index contributed by atoms with van der Waals surface area (Å²) in [5.41, 5.74) is 4.56. The summed E-state index contributed by atoms with van der Waals surface area (Å²) in [6.45, 7) is 8.18. The SMILES string of the molecule is Cc1ccc(CN2CCN(c3ccc(OCC4COC(Cn5cncn5)(c5ccc(Cl)cc5Cl)O4)cc3)CC2)cc1. The zero-order chi connectivity index (χ0) is 28.2. The first kappa shape index (κ1) is 28.0. The first-order chi connectivity index (χ1) is 20.0. The summed E-state index contributed by atoms with van der Waals surface area (Å²) in [5, 5.41) is 5.23. The molecule has 0 N–H and O–H groups in total. The summed E-state index contributed by atoms with van der Waals surface area (Å²) in [4.78, 5) is 8.99. The second-order valence-electron chi connectivity index (χ2n) is 10.6. The van der Waals surface area contributed by atoms with Crippen LogP contribution in [0.3, 0.4) is 0 Å². The van der Waals surface area contributed by atoms with Gasteiger partial charge in [-0.1, -0.05) is 59.1 Å². The third kappa shape index (κ3) is 6.68. The number of anilines is 1. The van der Waals surface area contributed by atoms with E-state index in [0.717, 1.165) is 38.5 Å².